The third-order valence-electron chi connectivity index (χ3n) is 1.80. The Morgan fingerprint density at radius 1 is 1.43 bits per heavy atom. The van der Waals surface area contributed by atoms with Crippen molar-refractivity contribution in [1.82, 2.24) is 4.90 Å². The minimum absolute atomic E-state index is 0.751. The first-order chi connectivity index (χ1) is 6.59. The Morgan fingerprint density at radius 2 is 2.14 bits per heavy atom. The van der Waals surface area contributed by atoms with Crippen molar-refractivity contribution in [2.45, 2.75) is 0 Å². The SMILES string of the molecule is CN(C)CCNc1cc(Cl)ccc1Br. The summed E-state index contributed by atoms with van der Waals surface area (Å²) in [6.45, 7) is 1.91. The molecule has 0 radical (unpaired) electrons. The van der Waals surface area contributed by atoms with E-state index in [0.29, 0.717) is 0 Å². The summed E-state index contributed by atoms with van der Waals surface area (Å²) in [6, 6.07) is 5.73. The topological polar surface area (TPSA) is 15.3 Å². The van der Waals surface area contributed by atoms with E-state index in [1.807, 2.05) is 18.2 Å². The van der Waals surface area contributed by atoms with E-state index < -0.39 is 0 Å². The van der Waals surface area contributed by atoms with Crippen LogP contribution in [-0.2, 0) is 0 Å². The van der Waals surface area contributed by atoms with Gasteiger partial charge < -0.3 is 10.2 Å². The quantitative estimate of drug-likeness (QED) is 0.910. The molecule has 0 heterocycles. The maximum atomic E-state index is 5.89. The van der Waals surface area contributed by atoms with E-state index in [1.54, 1.807) is 0 Å². The van der Waals surface area contributed by atoms with Crippen LogP contribution in [0.2, 0.25) is 5.02 Å². The van der Waals surface area contributed by atoms with Gasteiger partial charge in [-0.1, -0.05) is 11.6 Å². The van der Waals surface area contributed by atoms with Crippen LogP contribution in [-0.4, -0.2) is 32.1 Å². The molecule has 1 aromatic carbocycles. The predicted octanol–water partition coefficient (Wildman–Crippen LogP) is 3.08. The Kier molecular flexibility index (Phi) is 4.72. The fourth-order valence-electron chi connectivity index (χ4n) is 1.05. The van der Waals surface area contributed by atoms with Crippen LogP contribution in [0.1, 0.15) is 0 Å². The number of rotatable bonds is 4. The second kappa shape index (κ2) is 5.59. The Hall–Kier alpha value is -0.250. The first kappa shape index (κ1) is 11.8. The molecule has 14 heavy (non-hydrogen) atoms. The second-order valence-electron chi connectivity index (χ2n) is 3.35. The first-order valence-electron chi connectivity index (χ1n) is 4.43. The summed E-state index contributed by atoms with van der Waals surface area (Å²) in [4.78, 5) is 2.13. The molecule has 0 bridgehead atoms. The van der Waals surface area contributed by atoms with Gasteiger partial charge >= 0.3 is 0 Å². The third kappa shape index (κ3) is 3.86. The van der Waals surface area contributed by atoms with Gasteiger partial charge in [0.25, 0.3) is 0 Å². The lowest BCUT2D eigenvalue weighted by molar-refractivity contribution is 0.425. The Bertz CT molecular complexity index is 302. The molecule has 0 spiro atoms. The maximum absolute atomic E-state index is 5.89. The molecule has 4 heteroatoms. The van der Waals surface area contributed by atoms with Gasteiger partial charge in [0.05, 0.1) is 0 Å². The van der Waals surface area contributed by atoms with Crippen molar-refractivity contribution in [1.29, 1.82) is 0 Å². The highest BCUT2D eigenvalue weighted by Crippen LogP contribution is 2.25. The van der Waals surface area contributed by atoms with Crippen LogP contribution in [0.5, 0.6) is 0 Å². The van der Waals surface area contributed by atoms with Gasteiger partial charge in [0.2, 0.25) is 0 Å². The summed E-state index contributed by atoms with van der Waals surface area (Å²) >= 11 is 9.35. The van der Waals surface area contributed by atoms with Crippen molar-refractivity contribution in [2.75, 3.05) is 32.5 Å². The number of hydrogen-bond donors (Lipinski definition) is 1. The van der Waals surface area contributed by atoms with E-state index in [0.717, 1.165) is 28.3 Å². The van der Waals surface area contributed by atoms with Gasteiger partial charge in [0.1, 0.15) is 0 Å². The molecule has 1 N–H and O–H groups in total. The van der Waals surface area contributed by atoms with Gasteiger partial charge in [-0.15, -0.1) is 0 Å². The van der Waals surface area contributed by atoms with Crippen LogP contribution in [0.3, 0.4) is 0 Å². The molecule has 0 aromatic heterocycles. The van der Waals surface area contributed by atoms with Crippen molar-refractivity contribution < 1.29 is 0 Å². The van der Waals surface area contributed by atoms with Crippen molar-refractivity contribution in [2.24, 2.45) is 0 Å². The predicted molar refractivity (Wildman–Crippen MR) is 66.2 cm³/mol. The van der Waals surface area contributed by atoms with Crippen LogP contribution < -0.4 is 5.32 Å². The van der Waals surface area contributed by atoms with Gasteiger partial charge in [-0.05, 0) is 48.2 Å². The highest BCUT2D eigenvalue weighted by Gasteiger charge is 1.99. The lowest BCUT2D eigenvalue weighted by Crippen LogP contribution is -2.20. The van der Waals surface area contributed by atoms with Crippen LogP contribution in [0.25, 0.3) is 0 Å². The largest absolute Gasteiger partial charge is 0.383 e. The third-order valence-corrected chi connectivity index (χ3v) is 2.73. The fraction of sp³-hybridized carbons (Fsp3) is 0.400. The minimum Gasteiger partial charge on any atom is -0.383 e. The van der Waals surface area contributed by atoms with Gasteiger partial charge in [0.15, 0.2) is 0 Å². The molecule has 78 valence electrons. The van der Waals surface area contributed by atoms with Crippen molar-refractivity contribution in [3.05, 3.63) is 27.7 Å². The number of likely N-dealkylation sites (N-methyl/N-ethyl adjacent to an activating group) is 1. The molecule has 2 nitrogen and oxygen atoms in total. The van der Waals surface area contributed by atoms with Crippen LogP contribution in [0.15, 0.2) is 22.7 Å². The van der Waals surface area contributed by atoms with Gasteiger partial charge in [0, 0.05) is 28.3 Å². The lowest BCUT2D eigenvalue weighted by Gasteiger charge is -2.12. The van der Waals surface area contributed by atoms with Gasteiger partial charge in [-0.3, -0.25) is 0 Å². The maximum Gasteiger partial charge on any atom is 0.0500 e. The van der Waals surface area contributed by atoms with Crippen molar-refractivity contribution >= 4 is 33.2 Å². The van der Waals surface area contributed by atoms with Crippen molar-refractivity contribution in [3.8, 4) is 0 Å². The Morgan fingerprint density at radius 3 is 2.79 bits per heavy atom. The molecule has 0 aliphatic heterocycles. The minimum atomic E-state index is 0.751. The van der Waals surface area contributed by atoms with Crippen molar-refractivity contribution in [3.63, 3.8) is 0 Å². The zero-order valence-corrected chi connectivity index (χ0v) is 10.7. The first-order valence-corrected chi connectivity index (χ1v) is 5.60. The molecule has 0 unspecified atom stereocenters. The molecule has 0 amide bonds. The standard InChI is InChI=1S/C10H14BrClN2/c1-14(2)6-5-13-10-7-8(12)3-4-9(10)11/h3-4,7,13H,5-6H2,1-2H3. The Labute approximate surface area is 98.4 Å². The summed E-state index contributed by atoms with van der Waals surface area (Å²) < 4.78 is 1.04. The molecule has 0 aliphatic rings. The number of nitrogens with one attached hydrogen (secondary N) is 1. The summed E-state index contributed by atoms with van der Waals surface area (Å²) in [7, 11) is 4.10. The number of halogens is 2. The molecule has 0 saturated heterocycles. The molecule has 1 rings (SSSR count). The highest BCUT2D eigenvalue weighted by molar-refractivity contribution is 9.10. The molecule has 0 fully saturated rings. The van der Waals surface area contributed by atoms with E-state index in [4.69, 9.17) is 11.6 Å². The lowest BCUT2D eigenvalue weighted by atomic mass is 10.3. The summed E-state index contributed by atoms with van der Waals surface area (Å²) in [5, 5.41) is 4.06. The number of nitrogens with zero attached hydrogens (tertiary/aromatic N) is 1. The average molecular weight is 278 g/mol. The summed E-state index contributed by atoms with van der Waals surface area (Å²) in [6.07, 6.45) is 0. The van der Waals surface area contributed by atoms with E-state index in [9.17, 15) is 0 Å². The van der Waals surface area contributed by atoms with Gasteiger partial charge in [-0.25, -0.2) is 0 Å². The monoisotopic (exact) mass is 276 g/mol. The Balaban J connectivity index is 2.53. The van der Waals surface area contributed by atoms with Gasteiger partial charge in [-0.2, -0.15) is 0 Å². The smallest absolute Gasteiger partial charge is 0.0500 e. The number of anilines is 1. The van der Waals surface area contributed by atoms with Crippen LogP contribution in [0, 0.1) is 0 Å². The number of hydrogen-bond acceptors (Lipinski definition) is 2. The van der Waals surface area contributed by atoms with Crippen LogP contribution >= 0.6 is 27.5 Å². The molecule has 1 aromatic rings. The van der Waals surface area contributed by atoms with Crippen LogP contribution in [0.4, 0.5) is 5.69 Å². The molecule has 0 saturated carbocycles. The molecule has 0 aliphatic carbocycles. The molecular formula is C10H14BrClN2. The fourth-order valence-corrected chi connectivity index (χ4v) is 1.61. The summed E-state index contributed by atoms with van der Waals surface area (Å²) in [5.41, 5.74) is 1.04. The summed E-state index contributed by atoms with van der Waals surface area (Å²) in [5.74, 6) is 0. The molecule has 0 atom stereocenters. The number of benzene rings is 1. The highest BCUT2D eigenvalue weighted by atomic mass is 79.9. The zero-order chi connectivity index (χ0) is 10.6. The van der Waals surface area contributed by atoms with E-state index >= 15 is 0 Å². The average Bonchev–Trinajstić information content (AvgIpc) is 2.10. The second-order valence-corrected chi connectivity index (χ2v) is 4.64. The normalized spacial score (nSPS) is 10.6. The van der Waals surface area contributed by atoms with E-state index in [2.05, 4.69) is 40.2 Å². The van der Waals surface area contributed by atoms with E-state index in [1.165, 1.54) is 0 Å². The molecular weight excluding hydrogens is 263 g/mol. The van der Waals surface area contributed by atoms with E-state index in [-0.39, 0.29) is 0 Å². The zero-order valence-electron chi connectivity index (χ0n) is 8.35.